The molecule has 0 radical (unpaired) electrons. The first-order chi connectivity index (χ1) is 18.3. The van der Waals surface area contributed by atoms with Crippen LogP contribution in [0.25, 0.3) is 16.8 Å². The summed E-state index contributed by atoms with van der Waals surface area (Å²) in [5, 5.41) is 2.37. The SMILES string of the molecule is CCOCCN(CCOCC)c1cc2ccccc2c2c1OC(c1ccccc1)(c1ccccc1)C=C2. The van der Waals surface area contributed by atoms with Gasteiger partial charge < -0.3 is 19.1 Å². The Morgan fingerprint density at radius 3 is 1.89 bits per heavy atom. The molecule has 1 aliphatic heterocycles. The predicted molar refractivity (Wildman–Crippen MR) is 152 cm³/mol. The van der Waals surface area contributed by atoms with Crippen LogP contribution < -0.4 is 9.64 Å². The Labute approximate surface area is 220 Å². The van der Waals surface area contributed by atoms with Crippen molar-refractivity contribution in [1.82, 2.24) is 0 Å². The van der Waals surface area contributed by atoms with E-state index in [0.29, 0.717) is 26.4 Å². The number of fused-ring (bicyclic) bond motifs is 3. The average Bonchev–Trinajstić information content (AvgIpc) is 2.97. The lowest BCUT2D eigenvalue weighted by Gasteiger charge is -2.39. The lowest BCUT2D eigenvalue weighted by molar-refractivity contribution is 0.139. The van der Waals surface area contributed by atoms with E-state index >= 15 is 0 Å². The minimum Gasteiger partial charge on any atom is -0.471 e. The molecule has 0 unspecified atom stereocenters. The molecule has 0 saturated heterocycles. The van der Waals surface area contributed by atoms with Gasteiger partial charge in [-0.2, -0.15) is 0 Å². The molecule has 4 heteroatoms. The van der Waals surface area contributed by atoms with Crippen molar-refractivity contribution in [3.8, 4) is 5.75 Å². The van der Waals surface area contributed by atoms with E-state index < -0.39 is 5.60 Å². The summed E-state index contributed by atoms with van der Waals surface area (Å²) < 4.78 is 18.7. The van der Waals surface area contributed by atoms with E-state index in [0.717, 1.165) is 41.2 Å². The molecule has 0 bridgehead atoms. The maximum absolute atomic E-state index is 7.21. The van der Waals surface area contributed by atoms with Crippen molar-refractivity contribution in [2.24, 2.45) is 0 Å². The third-order valence-corrected chi connectivity index (χ3v) is 6.93. The highest BCUT2D eigenvalue weighted by Crippen LogP contribution is 2.48. The largest absolute Gasteiger partial charge is 0.471 e. The molecule has 0 spiro atoms. The zero-order valence-electron chi connectivity index (χ0n) is 21.7. The Kier molecular flexibility index (Phi) is 7.88. The van der Waals surface area contributed by atoms with Crippen LogP contribution >= 0.6 is 0 Å². The molecule has 0 N–H and O–H groups in total. The summed E-state index contributed by atoms with van der Waals surface area (Å²) in [7, 11) is 0. The Morgan fingerprint density at radius 2 is 1.30 bits per heavy atom. The normalized spacial score (nSPS) is 13.8. The molecule has 4 aromatic rings. The van der Waals surface area contributed by atoms with Gasteiger partial charge in [-0.3, -0.25) is 0 Å². The molecule has 5 rings (SSSR count). The number of benzene rings is 4. The van der Waals surface area contributed by atoms with Gasteiger partial charge in [0.05, 0.1) is 18.9 Å². The van der Waals surface area contributed by atoms with E-state index in [1.165, 1.54) is 10.8 Å². The topological polar surface area (TPSA) is 30.9 Å². The maximum atomic E-state index is 7.21. The number of rotatable bonds is 11. The molecule has 0 saturated carbocycles. The molecule has 4 nitrogen and oxygen atoms in total. The lowest BCUT2D eigenvalue weighted by atomic mass is 9.83. The number of anilines is 1. The second-order valence-electron chi connectivity index (χ2n) is 9.14. The zero-order chi connectivity index (χ0) is 25.5. The monoisotopic (exact) mass is 493 g/mol. The summed E-state index contributed by atoms with van der Waals surface area (Å²) >= 11 is 0. The van der Waals surface area contributed by atoms with Crippen LogP contribution in [-0.2, 0) is 15.1 Å². The van der Waals surface area contributed by atoms with E-state index in [1.54, 1.807) is 0 Å². The van der Waals surface area contributed by atoms with Crippen molar-refractivity contribution < 1.29 is 14.2 Å². The van der Waals surface area contributed by atoms with Gasteiger partial charge in [0.2, 0.25) is 0 Å². The molecule has 0 amide bonds. The molecule has 1 heterocycles. The van der Waals surface area contributed by atoms with Crippen molar-refractivity contribution >= 4 is 22.5 Å². The van der Waals surface area contributed by atoms with Crippen molar-refractivity contribution in [2.45, 2.75) is 19.4 Å². The van der Waals surface area contributed by atoms with Crippen LogP contribution in [0.15, 0.2) is 97.1 Å². The van der Waals surface area contributed by atoms with Crippen LogP contribution in [-0.4, -0.2) is 39.5 Å². The van der Waals surface area contributed by atoms with Crippen LogP contribution in [0, 0.1) is 0 Å². The fourth-order valence-electron chi connectivity index (χ4n) is 5.08. The van der Waals surface area contributed by atoms with Gasteiger partial charge in [0.1, 0.15) is 0 Å². The molecular formula is C33H35NO3. The van der Waals surface area contributed by atoms with Gasteiger partial charge in [0.25, 0.3) is 0 Å². The summed E-state index contributed by atoms with van der Waals surface area (Å²) in [6, 6.07) is 31.8. The summed E-state index contributed by atoms with van der Waals surface area (Å²) in [4.78, 5) is 2.34. The Balaban J connectivity index is 1.69. The minimum absolute atomic E-state index is 0.641. The fourth-order valence-corrected chi connectivity index (χ4v) is 5.08. The molecule has 0 aromatic heterocycles. The average molecular weight is 494 g/mol. The predicted octanol–water partition coefficient (Wildman–Crippen LogP) is 7.07. The summed E-state index contributed by atoms with van der Waals surface area (Å²) in [6.07, 6.45) is 4.45. The second-order valence-corrected chi connectivity index (χ2v) is 9.14. The standard InChI is InChI=1S/C33H35NO3/c1-3-35-23-21-34(22-24-36-4-2)31-25-26-13-11-12-18-29(26)30-19-20-33(37-32(30)31,27-14-7-5-8-15-27)28-16-9-6-10-17-28/h5-20,25H,3-4,21-24H2,1-2H3. The first-order valence-electron chi connectivity index (χ1n) is 13.2. The van der Waals surface area contributed by atoms with Crippen LogP contribution in [0.5, 0.6) is 5.75 Å². The number of ether oxygens (including phenoxy) is 3. The Morgan fingerprint density at radius 1 is 0.730 bits per heavy atom. The van der Waals surface area contributed by atoms with Crippen molar-refractivity contribution in [1.29, 1.82) is 0 Å². The van der Waals surface area contributed by atoms with Gasteiger partial charge in [-0.05, 0) is 42.8 Å². The minimum atomic E-state index is -0.738. The van der Waals surface area contributed by atoms with E-state index in [1.807, 2.05) is 26.0 Å². The molecule has 1 aliphatic rings. The van der Waals surface area contributed by atoms with Crippen LogP contribution in [0.2, 0.25) is 0 Å². The summed E-state index contributed by atoms with van der Waals surface area (Å²) in [5.74, 6) is 0.891. The second kappa shape index (κ2) is 11.6. The molecule has 0 aliphatic carbocycles. The number of hydrogen-bond acceptors (Lipinski definition) is 4. The van der Waals surface area contributed by atoms with Crippen molar-refractivity contribution in [3.63, 3.8) is 0 Å². The van der Waals surface area contributed by atoms with Gasteiger partial charge in [-0.15, -0.1) is 0 Å². The molecule has 0 atom stereocenters. The molecule has 4 aromatic carbocycles. The van der Waals surface area contributed by atoms with Crippen molar-refractivity contribution in [3.05, 3.63) is 114 Å². The number of nitrogens with zero attached hydrogens (tertiary/aromatic N) is 1. The summed E-state index contributed by atoms with van der Waals surface area (Å²) in [5.41, 5.74) is 3.62. The van der Waals surface area contributed by atoms with Gasteiger partial charge in [-0.25, -0.2) is 0 Å². The van der Waals surface area contributed by atoms with Crippen LogP contribution in [0.1, 0.15) is 30.5 Å². The third-order valence-electron chi connectivity index (χ3n) is 6.93. The maximum Gasteiger partial charge on any atom is 0.178 e. The summed E-state index contributed by atoms with van der Waals surface area (Å²) in [6.45, 7) is 8.24. The zero-order valence-corrected chi connectivity index (χ0v) is 21.7. The fraction of sp³-hybridized carbons (Fsp3) is 0.273. The first-order valence-corrected chi connectivity index (χ1v) is 13.2. The Bertz CT molecular complexity index is 1280. The van der Waals surface area contributed by atoms with E-state index in [4.69, 9.17) is 14.2 Å². The van der Waals surface area contributed by atoms with Crippen LogP contribution in [0.4, 0.5) is 5.69 Å². The molecule has 190 valence electrons. The number of hydrogen-bond donors (Lipinski definition) is 0. The van der Waals surface area contributed by atoms with E-state index in [9.17, 15) is 0 Å². The highest BCUT2D eigenvalue weighted by Gasteiger charge is 2.38. The quantitative estimate of drug-likeness (QED) is 0.209. The third kappa shape index (κ3) is 5.13. The van der Waals surface area contributed by atoms with E-state index in [2.05, 4.69) is 95.9 Å². The highest BCUT2D eigenvalue weighted by molar-refractivity contribution is 5.98. The molecule has 37 heavy (non-hydrogen) atoms. The first kappa shape index (κ1) is 25.1. The Hall–Kier alpha value is -3.60. The van der Waals surface area contributed by atoms with Crippen LogP contribution in [0.3, 0.4) is 0 Å². The van der Waals surface area contributed by atoms with Gasteiger partial charge in [0, 0.05) is 43.0 Å². The lowest BCUT2D eigenvalue weighted by Crippen LogP contribution is -2.36. The smallest absolute Gasteiger partial charge is 0.178 e. The molecule has 0 fully saturated rings. The van der Waals surface area contributed by atoms with E-state index in [-0.39, 0.29) is 0 Å². The highest BCUT2D eigenvalue weighted by atomic mass is 16.5. The van der Waals surface area contributed by atoms with Gasteiger partial charge in [0.15, 0.2) is 11.4 Å². The van der Waals surface area contributed by atoms with Gasteiger partial charge >= 0.3 is 0 Å². The molecular weight excluding hydrogens is 458 g/mol. The van der Waals surface area contributed by atoms with Gasteiger partial charge in [-0.1, -0.05) is 84.9 Å². The van der Waals surface area contributed by atoms with Crippen molar-refractivity contribution in [2.75, 3.05) is 44.4 Å².